The summed E-state index contributed by atoms with van der Waals surface area (Å²) in [5, 5.41) is 8.65. The smallest absolute Gasteiger partial charge is 0.354 e. The topological polar surface area (TPSA) is 65.5 Å². The number of aromatic nitrogens is 1. The first kappa shape index (κ1) is 9.25. The van der Waals surface area contributed by atoms with Crippen LogP contribution in [0.5, 0.6) is 0 Å². The molecular weight excluding hydrogens is 168 g/mol. The number of aromatic amines is 1. The molecule has 1 aromatic heterocycles. The van der Waals surface area contributed by atoms with Crippen molar-refractivity contribution in [1.82, 2.24) is 4.98 Å². The largest absolute Gasteiger partial charge is 0.477 e. The Bertz CT molecular complexity index is 363. The van der Waals surface area contributed by atoms with Crippen LogP contribution in [0.1, 0.15) is 5.56 Å². The van der Waals surface area contributed by atoms with Crippen molar-refractivity contribution in [3.8, 4) is 0 Å². The van der Waals surface area contributed by atoms with Crippen LogP contribution < -0.4 is 0 Å². The Labute approximate surface area is 75.6 Å². The maximum Gasteiger partial charge on any atom is 0.354 e. The van der Waals surface area contributed by atoms with Gasteiger partial charge in [-0.2, -0.15) is 0 Å². The van der Waals surface area contributed by atoms with Crippen LogP contribution in [0.4, 0.5) is 5.82 Å². The number of carboxylic acid groups (broad SMARTS) is 1. The molecule has 4 heteroatoms. The molecule has 1 aromatic rings. The van der Waals surface area contributed by atoms with Gasteiger partial charge in [-0.1, -0.05) is 6.58 Å². The van der Waals surface area contributed by atoms with Crippen molar-refractivity contribution in [2.45, 2.75) is 6.92 Å². The molecule has 0 amide bonds. The molecule has 1 heterocycles. The van der Waals surface area contributed by atoms with E-state index in [1.807, 2.05) is 13.0 Å². The Hall–Kier alpha value is -1.84. The average molecular weight is 178 g/mol. The summed E-state index contributed by atoms with van der Waals surface area (Å²) in [4.78, 5) is 17.3. The van der Waals surface area contributed by atoms with Gasteiger partial charge in [0.05, 0.1) is 0 Å². The zero-order valence-electron chi connectivity index (χ0n) is 7.24. The number of carbonyl (C=O) groups is 1. The summed E-state index contributed by atoms with van der Waals surface area (Å²) in [6.45, 7) is 5.21. The van der Waals surface area contributed by atoms with E-state index in [4.69, 9.17) is 5.11 Å². The highest BCUT2D eigenvalue weighted by Crippen LogP contribution is 2.14. The van der Waals surface area contributed by atoms with E-state index >= 15 is 0 Å². The van der Waals surface area contributed by atoms with E-state index < -0.39 is 5.97 Å². The van der Waals surface area contributed by atoms with Gasteiger partial charge in [0.15, 0.2) is 0 Å². The van der Waals surface area contributed by atoms with E-state index in [-0.39, 0.29) is 5.71 Å². The monoisotopic (exact) mass is 178 g/mol. The maximum absolute atomic E-state index is 10.6. The lowest BCUT2D eigenvalue weighted by Crippen LogP contribution is -2.08. The number of aryl methyl sites for hydroxylation is 1. The quantitative estimate of drug-likeness (QED) is 0.691. The van der Waals surface area contributed by atoms with Gasteiger partial charge in [-0.3, -0.25) is 0 Å². The Morgan fingerprint density at radius 2 is 2.46 bits per heavy atom. The van der Waals surface area contributed by atoms with Crippen LogP contribution in [0.15, 0.2) is 29.9 Å². The first-order chi connectivity index (χ1) is 6.15. The van der Waals surface area contributed by atoms with E-state index in [2.05, 4.69) is 16.6 Å². The van der Waals surface area contributed by atoms with Crippen molar-refractivity contribution in [3.63, 3.8) is 0 Å². The predicted molar refractivity (Wildman–Crippen MR) is 50.5 cm³/mol. The molecule has 0 spiro atoms. The van der Waals surface area contributed by atoms with Gasteiger partial charge in [0, 0.05) is 6.20 Å². The SMILES string of the molecule is C=C/C(=N\c1[nH]ccc1C)C(=O)O. The number of aliphatic carboxylic acids is 1. The molecule has 0 unspecified atom stereocenters. The molecule has 0 saturated heterocycles. The zero-order chi connectivity index (χ0) is 9.84. The second-order valence-corrected chi connectivity index (χ2v) is 2.52. The van der Waals surface area contributed by atoms with E-state index in [1.165, 1.54) is 6.08 Å². The molecule has 13 heavy (non-hydrogen) atoms. The minimum Gasteiger partial charge on any atom is -0.477 e. The average Bonchev–Trinajstić information content (AvgIpc) is 2.46. The molecule has 1 rings (SSSR count). The highest BCUT2D eigenvalue weighted by molar-refractivity contribution is 6.40. The first-order valence-corrected chi connectivity index (χ1v) is 3.73. The van der Waals surface area contributed by atoms with Gasteiger partial charge in [-0.05, 0) is 24.6 Å². The summed E-state index contributed by atoms with van der Waals surface area (Å²) in [5.41, 5.74) is 0.839. The third kappa shape index (κ3) is 2.05. The first-order valence-electron chi connectivity index (χ1n) is 3.73. The number of aliphatic imine (C=N–C) groups is 1. The van der Waals surface area contributed by atoms with Gasteiger partial charge in [0.2, 0.25) is 0 Å². The lowest BCUT2D eigenvalue weighted by atomic mass is 10.3. The molecule has 0 saturated carbocycles. The number of rotatable bonds is 3. The fraction of sp³-hybridized carbons (Fsp3) is 0.111. The third-order valence-electron chi connectivity index (χ3n) is 1.57. The van der Waals surface area contributed by atoms with Gasteiger partial charge >= 0.3 is 5.97 Å². The molecule has 0 radical (unpaired) electrons. The second kappa shape index (κ2) is 3.71. The predicted octanol–water partition coefficient (Wildman–Crippen LogP) is 1.67. The van der Waals surface area contributed by atoms with Gasteiger partial charge in [0.25, 0.3) is 0 Å². The molecule has 2 N–H and O–H groups in total. The molecule has 0 aliphatic heterocycles. The highest BCUT2D eigenvalue weighted by Gasteiger charge is 2.05. The molecule has 0 aliphatic carbocycles. The summed E-state index contributed by atoms with van der Waals surface area (Å²) in [5.74, 6) is -0.527. The van der Waals surface area contributed by atoms with Crippen LogP contribution in [0.3, 0.4) is 0 Å². The summed E-state index contributed by atoms with van der Waals surface area (Å²) in [6.07, 6.45) is 2.92. The van der Waals surface area contributed by atoms with Crippen molar-refractivity contribution >= 4 is 17.5 Å². The minimum absolute atomic E-state index is 0.0643. The number of H-pyrrole nitrogens is 1. The summed E-state index contributed by atoms with van der Waals surface area (Å²) >= 11 is 0. The van der Waals surface area contributed by atoms with E-state index in [0.29, 0.717) is 5.82 Å². The Morgan fingerprint density at radius 3 is 2.85 bits per heavy atom. The van der Waals surface area contributed by atoms with Crippen LogP contribution in [0.25, 0.3) is 0 Å². The fourth-order valence-electron chi connectivity index (χ4n) is 0.860. The van der Waals surface area contributed by atoms with Crippen LogP contribution in [0.2, 0.25) is 0 Å². The van der Waals surface area contributed by atoms with Gasteiger partial charge < -0.3 is 10.1 Å². The van der Waals surface area contributed by atoms with Crippen LogP contribution in [-0.2, 0) is 4.79 Å². The number of nitrogens with zero attached hydrogens (tertiary/aromatic N) is 1. The molecule has 0 fully saturated rings. The zero-order valence-corrected chi connectivity index (χ0v) is 7.24. The molecule has 4 nitrogen and oxygen atoms in total. The number of hydrogen-bond donors (Lipinski definition) is 2. The normalized spacial score (nSPS) is 11.3. The van der Waals surface area contributed by atoms with Crippen molar-refractivity contribution in [2.75, 3.05) is 0 Å². The van der Waals surface area contributed by atoms with Crippen LogP contribution in [-0.4, -0.2) is 21.8 Å². The lowest BCUT2D eigenvalue weighted by Gasteiger charge is -1.93. The standard InChI is InChI=1S/C9H10N2O2/c1-3-7(9(12)13)11-8-6(2)4-5-10-8/h3-5,10H,1H2,2H3,(H,12,13)/b11-7+. The van der Waals surface area contributed by atoms with Crippen molar-refractivity contribution < 1.29 is 9.90 Å². The Balaban J connectivity index is 3.05. The Morgan fingerprint density at radius 1 is 1.77 bits per heavy atom. The highest BCUT2D eigenvalue weighted by atomic mass is 16.4. The van der Waals surface area contributed by atoms with E-state index in [1.54, 1.807) is 6.20 Å². The second-order valence-electron chi connectivity index (χ2n) is 2.52. The Kier molecular flexibility index (Phi) is 2.64. The summed E-state index contributed by atoms with van der Waals surface area (Å²) in [6, 6.07) is 1.82. The summed E-state index contributed by atoms with van der Waals surface area (Å²) < 4.78 is 0. The van der Waals surface area contributed by atoms with Crippen LogP contribution >= 0.6 is 0 Å². The molecule has 0 aromatic carbocycles. The molecule has 0 bridgehead atoms. The number of nitrogens with one attached hydrogen (secondary N) is 1. The number of carboxylic acids is 1. The van der Waals surface area contributed by atoms with Crippen LogP contribution in [0, 0.1) is 6.92 Å². The molecule has 68 valence electrons. The van der Waals surface area contributed by atoms with Crippen molar-refractivity contribution in [3.05, 3.63) is 30.5 Å². The van der Waals surface area contributed by atoms with Gasteiger partial charge in [-0.25, -0.2) is 9.79 Å². The number of hydrogen-bond acceptors (Lipinski definition) is 2. The molecule has 0 atom stereocenters. The van der Waals surface area contributed by atoms with E-state index in [0.717, 1.165) is 5.56 Å². The fourth-order valence-corrected chi connectivity index (χ4v) is 0.860. The molecular formula is C9H10N2O2. The lowest BCUT2D eigenvalue weighted by molar-refractivity contribution is -0.129. The van der Waals surface area contributed by atoms with Crippen molar-refractivity contribution in [2.24, 2.45) is 4.99 Å². The van der Waals surface area contributed by atoms with Crippen molar-refractivity contribution in [1.29, 1.82) is 0 Å². The maximum atomic E-state index is 10.6. The van der Waals surface area contributed by atoms with Gasteiger partial charge in [0.1, 0.15) is 11.5 Å². The van der Waals surface area contributed by atoms with Gasteiger partial charge in [-0.15, -0.1) is 0 Å². The molecule has 0 aliphatic rings. The minimum atomic E-state index is -1.08. The summed E-state index contributed by atoms with van der Waals surface area (Å²) in [7, 11) is 0. The van der Waals surface area contributed by atoms with E-state index in [9.17, 15) is 4.79 Å². The third-order valence-corrected chi connectivity index (χ3v) is 1.57.